The number of ether oxygens (including phenoxy) is 1. The summed E-state index contributed by atoms with van der Waals surface area (Å²) < 4.78 is 43.7. The van der Waals surface area contributed by atoms with Gasteiger partial charge >= 0.3 is 0 Å². The highest BCUT2D eigenvalue weighted by molar-refractivity contribution is 7.93. The van der Waals surface area contributed by atoms with Crippen LogP contribution in [0, 0.1) is 5.82 Å². The van der Waals surface area contributed by atoms with Crippen LogP contribution in [-0.4, -0.2) is 14.4 Å². The topological polar surface area (TPSA) is 46.6 Å². The van der Waals surface area contributed by atoms with E-state index in [1.165, 1.54) is 22.5 Å². The van der Waals surface area contributed by atoms with Crippen molar-refractivity contribution in [2.75, 3.05) is 10.2 Å². The van der Waals surface area contributed by atoms with E-state index < -0.39 is 21.8 Å². The highest BCUT2D eigenvalue weighted by atomic mass is 32.2. The van der Waals surface area contributed by atoms with Gasteiger partial charge in [-0.05, 0) is 24.3 Å². The molecule has 3 rings (SSSR count). The molecule has 1 aliphatic rings. The van der Waals surface area contributed by atoms with Crippen molar-refractivity contribution < 1.29 is 17.5 Å². The fraction of sp³-hybridized carbons (Fsp3) is 0.0769. The third-order valence-corrected chi connectivity index (χ3v) is 4.15. The monoisotopic (exact) mass is 279 g/mol. The Hall–Kier alpha value is -2.08. The van der Waals surface area contributed by atoms with E-state index in [9.17, 15) is 12.8 Å². The fourth-order valence-corrected chi connectivity index (χ4v) is 3.25. The summed E-state index contributed by atoms with van der Waals surface area (Å²) in [4.78, 5) is 0. The van der Waals surface area contributed by atoms with Gasteiger partial charge in [0.2, 0.25) is 5.94 Å². The van der Waals surface area contributed by atoms with Gasteiger partial charge in [0.05, 0.1) is 11.4 Å². The third kappa shape index (κ3) is 2.04. The molecule has 0 saturated heterocycles. The molecule has 4 nitrogen and oxygen atoms in total. The summed E-state index contributed by atoms with van der Waals surface area (Å²) in [6.45, 7) is 0. The Labute approximate surface area is 110 Å². The highest BCUT2D eigenvalue weighted by Gasteiger charge is 2.32. The van der Waals surface area contributed by atoms with E-state index in [0.29, 0.717) is 11.4 Å². The Kier molecular flexibility index (Phi) is 2.67. The molecule has 0 amide bonds. The normalized spacial score (nSPS) is 16.6. The second kappa shape index (κ2) is 4.24. The lowest BCUT2D eigenvalue weighted by atomic mass is 10.2. The lowest BCUT2D eigenvalue weighted by molar-refractivity contribution is 0.368. The molecule has 0 radical (unpaired) electrons. The maximum atomic E-state index is 13.2. The number of halogens is 1. The summed E-state index contributed by atoms with van der Waals surface area (Å²) in [6, 6.07) is 12.4. The summed E-state index contributed by atoms with van der Waals surface area (Å²) in [5.41, 5.74) is 0.817. The second-order valence-corrected chi connectivity index (χ2v) is 5.85. The Bertz CT molecular complexity index is 716. The summed E-state index contributed by atoms with van der Waals surface area (Å²) in [7, 11) is -3.61. The van der Waals surface area contributed by atoms with Crippen LogP contribution in [0.3, 0.4) is 0 Å². The van der Waals surface area contributed by atoms with Gasteiger partial charge in [-0.25, -0.2) is 17.1 Å². The zero-order chi connectivity index (χ0) is 13.5. The van der Waals surface area contributed by atoms with E-state index in [0.717, 1.165) is 0 Å². The van der Waals surface area contributed by atoms with Gasteiger partial charge in [0.1, 0.15) is 11.6 Å². The lowest BCUT2D eigenvalue weighted by Crippen LogP contribution is -2.34. The minimum atomic E-state index is -3.61. The molecular formula is C13H10FNO3S. The molecule has 1 aliphatic heterocycles. The summed E-state index contributed by atoms with van der Waals surface area (Å²) in [6.07, 6.45) is 0. The van der Waals surface area contributed by atoms with Gasteiger partial charge < -0.3 is 4.74 Å². The third-order valence-electron chi connectivity index (χ3n) is 2.77. The maximum absolute atomic E-state index is 13.2. The van der Waals surface area contributed by atoms with E-state index >= 15 is 0 Å². The first-order chi connectivity index (χ1) is 9.08. The molecule has 2 aromatic rings. The van der Waals surface area contributed by atoms with Crippen LogP contribution in [0.15, 0.2) is 48.5 Å². The van der Waals surface area contributed by atoms with Crippen LogP contribution in [0.4, 0.5) is 15.8 Å². The van der Waals surface area contributed by atoms with Gasteiger partial charge in [-0.15, -0.1) is 0 Å². The van der Waals surface area contributed by atoms with Gasteiger partial charge in [-0.1, -0.05) is 18.2 Å². The molecule has 0 unspecified atom stereocenters. The molecule has 0 fully saturated rings. The molecule has 0 bridgehead atoms. The molecule has 0 saturated carbocycles. The summed E-state index contributed by atoms with van der Waals surface area (Å²) in [5, 5.41) is 0. The predicted octanol–water partition coefficient (Wildman–Crippen LogP) is 2.64. The van der Waals surface area contributed by atoms with Crippen molar-refractivity contribution in [1.82, 2.24) is 0 Å². The van der Waals surface area contributed by atoms with Crippen molar-refractivity contribution in [3.8, 4) is 5.75 Å². The van der Waals surface area contributed by atoms with Crippen LogP contribution < -0.4 is 9.04 Å². The average Bonchev–Trinajstić information content (AvgIpc) is 2.39. The minimum Gasteiger partial charge on any atom is -0.473 e. The SMILES string of the molecule is O=S1(=O)COc2cc(F)ccc2N1c1ccccc1. The first-order valence-electron chi connectivity index (χ1n) is 5.58. The summed E-state index contributed by atoms with van der Waals surface area (Å²) >= 11 is 0. The number of hydrogen-bond donors (Lipinski definition) is 0. The van der Waals surface area contributed by atoms with Gasteiger partial charge in [-0.2, -0.15) is 0 Å². The number of anilines is 2. The molecule has 1 heterocycles. The van der Waals surface area contributed by atoms with E-state index in [1.54, 1.807) is 30.3 Å². The Balaban J connectivity index is 2.22. The molecule has 0 aliphatic carbocycles. The highest BCUT2D eigenvalue weighted by Crippen LogP contribution is 2.40. The number of sulfonamides is 1. The number of para-hydroxylation sites is 1. The average molecular weight is 279 g/mol. The van der Waals surface area contributed by atoms with Crippen LogP contribution in [-0.2, 0) is 10.0 Å². The zero-order valence-electron chi connectivity index (χ0n) is 9.78. The molecule has 0 spiro atoms. The van der Waals surface area contributed by atoms with Crippen LogP contribution in [0.25, 0.3) is 0 Å². The van der Waals surface area contributed by atoms with Crippen molar-refractivity contribution in [1.29, 1.82) is 0 Å². The van der Waals surface area contributed by atoms with E-state index in [-0.39, 0.29) is 5.75 Å². The van der Waals surface area contributed by atoms with Crippen molar-refractivity contribution in [2.24, 2.45) is 0 Å². The van der Waals surface area contributed by atoms with Crippen LogP contribution in [0.2, 0.25) is 0 Å². The lowest BCUT2D eigenvalue weighted by Gasteiger charge is -2.30. The molecule has 6 heteroatoms. The Morgan fingerprint density at radius 2 is 1.84 bits per heavy atom. The van der Waals surface area contributed by atoms with Gasteiger partial charge in [0, 0.05) is 6.07 Å². The molecule has 0 N–H and O–H groups in total. The molecule has 19 heavy (non-hydrogen) atoms. The Morgan fingerprint density at radius 3 is 2.58 bits per heavy atom. The number of fused-ring (bicyclic) bond motifs is 1. The quantitative estimate of drug-likeness (QED) is 0.806. The van der Waals surface area contributed by atoms with Crippen LogP contribution in [0.1, 0.15) is 0 Å². The van der Waals surface area contributed by atoms with Crippen molar-refractivity contribution >= 4 is 21.4 Å². The number of nitrogens with zero attached hydrogens (tertiary/aromatic N) is 1. The van der Waals surface area contributed by atoms with Crippen molar-refractivity contribution in [2.45, 2.75) is 0 Å². The van der Waals surface area contributed by atoms with E-state index in [1.807, 2.05) is 0 Å². The van der Waals surface area contributed by atoms with Gasteiger partial charge in [0.15, 0.2) is 0 Å². The minimum absolute atomic E-state index is 0.221. The van der Waals surface area contributed by atoms with Gasteiger partial charge in [-0.3, -0.25) is 0 Å². The number of rotatable bonds is 1. The largest absolute Gasteiger partial charge is 0.473 e. The maximum Gasteiger partial charge on any atom is 0.275 e. The first-order valence-corrected chi connectivity index (χ1v) is 7.19. The van der Waals surface area contributed by atoms with E-state index in [2.05, 4.69) is 0 Å². The standard InChI is InChI=1S/C13H10FNO3S/c14-10-6-7-12-13(8-10)18-9-19(16,17)15(12)11-4-2-1-3-5-11/h1-8H,9H2. The Morgan fingerprint density at radius 1 is 1.11 bits per heavy atom. The molecule has 98 valence electrons. The summed E-state index contributed by atoms with van der Waals surface area (Å²) in [5.74, 6) is -0.747. The van der Waals surface area contributed by atoms with Crippen LogP contribution in [0.5, 0.6) is 5.75 Å². The van der Waals surface area contributed by atoms with E-state index in [4.69, 9.17) is 4.74 Å². The molecule has 2 aromatic carbocycles. The number of hydrogen-bond acceptors (Lipinski definition) is 3. The molecular weight excluding hydrogens is 269 g/mol. The van der Waals surface area contributed by atoms with Crippen molar-refractivity contribution in [3.63, 3.8) is 0 Å². The first kappa shape index (κ1) is 12.0. The predicted molar refractivity (Wildman–Crippen MR) is 69.4 cm³/mol. The zero-order valence-corrected chi connectivity index (χ0v) is 10.6. The molecule has 0 atom stereocenters. The smallest absolute Gasteiger partial charge is 0.275 e. The van der Waals surface area contributed by atoms with Gasteiger partial charge in [0.25, 0.3) is 10.0 Å². The van der Waals surface area contributed by atoms with Crippen LogP contribution >= 0.6 is 0 Å². The second-order valence-electron chi connectivity index (χ2n) is 4.09. The molecule has 0 aromatic heterocycles. The van der Waals surface area contributed by atoms with Crippen molar-refractivity contribution in [3.05, 3.63) is 54.3 Å². The number of benzene rings is 2. The fourth-order valence-electron chi connectivity index (χ4n) is 1.97.